The Kier molecular flexibility index (Phi) is 8.08. The van der Waals surface area contributed by atoms with Crippen LogP contribution >= 0.6 is 0 Å². The van der Waals surface area contributed by atoms with Gasteiger partial charge >= 0.3 is 5.97 Å². The first-order valence-corrected chi connectivity index (χ1v) is 8.83. The summed E-state index contributed by atoms with van der Waals surface area (Å²) in [5.41, 5.74) is 1.69. The Hall–Kier alpha value is -1.44. The fourth-order valence-corrected chi connectivity index (χ4v) is 2.18. The first-order valence-electron chi connectivity index (χ1n) is 7.02. The van der Waals surface area contributed by atoms with Crippen LogP contribution in [-0.4, -0.2) is 47.6 Å². The molecule has 0 amide bonds. The highest BCUT2D eigenvalue weighted by Gasteiger charge is 2.04. The zero-order valence-electron chi connectivity index (χ0n) is 12.9. The molecule has 0 saturated carbocycles. The van der Waals surface area contributed by atoms with Gasteiger partial charge < -0.3 is 9.47 Å². The Morgan fingerprint density at radius 3 is 2.32 bits per heavy atom. The van der Waals surface area contributed by atoms with Gasteiger partial charge in [-0.15, -0.1) is 0 Å². The van der Waals surface area contributed by atoms with Gasteiger partial charge in [0.25, 0.3) is 10.1 Å². The van der Waals surface area contributed by atoms with Crippen LogP contribution in [0.15, 0.2) is 24.3 Å². The molecule has 6 nitrogen and oxygen atoms in total. The third-order valence-electron chi connectivity index (χ3n) is 2.90. The zero-order valence-corrected chi connectivity index (χ0v) is 13.7. The molecule has 124 valence electrons. The summed E-state index contributed by atoms with van der Waals surface area (Å²) in [7, 11) is -2.02. The molecular formula is C15H22O6S. The first-order chi connectivity index (χ1) is 10.4. The average molecular weight is 330 g/mol. The van der Waals surface area contributed by atoms with Gasteiger partial charge in [0, 0.05) is 6.61 Å². The molecule has 0 fully saturated rings. The third kappa shape index (κ3) is 8.11. The van der Waals surface area contributed by atoms with Gasteiger partial charge in [0.1, 0.15) is 0 Å². The van der Waals surface area contributed by atoms with Gasteiger partial charge in [-0.1, -0.05) is 12.1 Å². The van der Waals surface area contributed by atoms with Crippen molar-refractivity contribution >= 4 is 16.1 Å². The van der Waals surface area contributed by atoms with Crippen molar-refractivity contribution < 1.29 is 26.9 Å². The maximum Gasteiger partial charge on any atom is 0.337 e. The van der Waals surface area contributed by atoms with E-state index in [0.29, 0.717) is 12.2 Å². The Balaban J connectivity index is 2.11. The summed E-state index contributed by atoms with van der Waals surface area (Å²) < 4.78 is 35.9. The quantitative estimate of drug-likeness (QED) is 0.370. The van der Waals surface area contributed by atoms with Crippen molar-refractivity contribution in [2.24, 2.45) is 0 Å². The van der Waals surface area contributed by atoms with Gasteiger partial charge in [0.15, 0.2) is 0 Å². The molecule has 0 unspecified atom stereocenters. The molecule has 1 aromatic carbocycles. The van der Waals surface area contributed by atoms with Gasteiger partial charge in [0.05, 0.1) is 32.1 Å². The van der Waals surface area contributed by atoms with E-state index in [1.54, 1.807) is 12.1 Å². The molecule has 0 aromatic heterocycles. The number of benzene rings is 1. The number of hydrogen-bond acceptors (Lipinski definition) is 6. The second-order valence-electron chi connectivity index (χ2n) is 4.78. The molecule has 7 heteroatoms. The molecular weight excluding hydrogens is 308 g/mol. The van der Waals surface area contributed by atoms with Crippen LogP contribution in [0.1, 0.15) is 28.8 Å². The van der Waals surface area contributed by atoms with E-state index in [1.807, 2.05) is 12.1 Å². The molecule has 0 bridgehead atoms. The number of rotatable bonds is 10. The standard InChI is InChI=1S/C15H22O6S/c1-19-15(16)14-8-6-13(7-9-14)5-3-4-10-20-11-12-21-22(2,17)18/h6-9H,3-5,10-12H2,1-2H3. The van der Waals surface area contributed by atoms with Crippen molar-refractivity contribution in [1.82, 2.24) is 0 Å². The van der Waals surface area contributed by atoms with E-state index >= 15 is 0 Å². The van der Waals surface area contributed by atoms with Crippen LogP contribution in [0.2, 0.25) is 0 Å². The number of aryl methyl sites for hydroxylation is 1. The van der Waals surface area contributed by atoms with Crippen molar-refractivity contribution in [3.8, 4) is 0 Å². The van der Waals surface area contributed by atoms with E-state index in [0.717, 1.165) is 31.1 Å². The number of carbonyl (C=O) groups is 1. The summed E-state index contributed by atoms with van der Waals surface area (Å²) in [5.74, 6) is -0.337. The van der Waals surface area contributed by atoms with E-state index in [9.17, 15) is 13.2 Å². The van der Waals surface area contributed by atoms with Crippen LogP contribution in [0.5, 0.6) is 0 Å². The van der Waals surface area contributed by atoms with Crippen molar-refractivity contribution in [2.45, 2.75) is 19.3 Å². The Morgan fingerprint density at radius 1 is 1.05 bits per heavy atom. The van der Waals surface area contributed by atoms with Crippen molar-refractivity contribution in [1.29, 1.82) is 0 Å². The average Bonchev–Trinajstić information content (AvgIpc) is 2.48. The van der Waals surface area contributed by atoms with Crippen molar-refractivity contribution in [3.63, 3.8) is 0 Å². The van der Waals surface area contributed by atoms with E-state index in [2.05, 4.69) is 8.92 Å². The van der Waals surface area contributed by atoms with Crippen LogP contribution in [0.4, 0.5) is 0 Å². The van der Waals surface area contributed by atoms with Crippen LogP contribution in [-0.2, 0) is 30.2 Å². The highest BCUT2D eigenvalue weighted by molar-refractivity contribution is 7.85. The molecule has 22 heavy (non-hydrogen) atoms. The molecule has 0 atom stereocenters. The fraction of sp³-hybridized carbons (Fsp3) is 0.533. The molecule has 0 radical (unpaired) electrons. The number of hydrogen-bond donors (Lipinski definition) is 0. The predicted molar refractivity (Wildman–Crippen MR) is 82.3 cm³/mol. The van der Waals surface area contributed by atoms with Crippen molar-refractivity contribution in [3.05, 3.63) is 35.4 Å². The Labute approximate surface area is 131 Å². The molecule has 0 aliphatic carbocycles. The lowest BCUT2D eigenvalue weighted by atomic mass is 10.1. The molecule has 0 N–H and O–H groups in total. The summed E-state index contributed by atoms with van der Waals surface area (Å²) >= 11 is 0. The molecule has 0 spiro atoms. The second-order valence-corrected chi connectivity index (χ2v) is 6.43. The van der Waals surface area contributed by atoms with Crippen molar-refractivity contribution in [2.75, 3.05) is 33.2 Å². The maximum atomic E-state index is 11.3. The zero-order chi connectivity index (χ0) is 16.4. The van der Waals surface area contributed by atoms with E-state index in [1.165, 1.54) is 7.11 Å². The SMILES string of the molecule is COC(=O)c1ccc(CCCCOCCOS(C)(=O)=O)cc1. The van der Waals surface area contributed by atoms with Crippen LogP contribution in [0.3, 0.4) is 0 Å². The normalized spacial score (nSPS) is 11.4. The van der Waals surface area contributed by atoms with Gasteiger partial charge in [-0.2, -0.15) is 8.42 Å². The lowest BCUT2D eigenvalue weighted by Crippen LogP contribution is -2.10. The highest BCUT2D eigenvalue weighted by atomic mass is 32.2. The third-order valence-corrected chi connectivity index (χ3v) is 3.50. The minimum atomic E-state index is -3.38. The summed E-state index contributed by atoms with van der Waals surface area (Å²) in [4.78, 5) is 11.3. The topological polar surface area (TPSA) is 78.9 Å². The molecule has 1 rings (SSSR count). The molecule has 0 aliphatic heterocycles. The maximum absolute atomic E-state index is 11.3. The van der Waals surface area contributed by atoms with Crippen LogP contribution in [0, 0.1) is 0 Å². The second kappa shape index (κ2) is 9.55. The molecule has 0 heterocycles. The number of methoxy groups -OCH3 is 1. The number of carbonyl (C=O) groups excluding carboxylic acids is 1. The van der Waals surface area contributed by atoms with E-state index in [4.69, 9.17) is 4.74 Å². The highest BCUT2D eigenvalue weighted by Crippen LogP contribution is 2.09. The van der Waals surface area contributed by atoms with Gasteiger partial charge in [-0.05, 0) is 37.0 Å². The predicted octanol–water partition coefficient (Wildman–Crippen LogP) is 1.79. The van der Waals surface area contributed by atoms with E-state index in [-0.39, 0.29) is 19.2 Å². The van der Waals surface area contributed by atoms with Gasteiger partial charge in [0.2, 0.25) is 0 Å². The van der Waals surface area contributed by atoms with Crippen LogP contribution < -0.4 is 0 Å². The Bertz CT molecular complexity index is 550. The molecule has 0 aliphatic rings. The number of ether oxygens (including phenoxy) is 2. The fourth-order valence-electron chi connectivity index (χ4n) is 1.80. The number of unbranched alkanes of at least 4 members (excludes halogenated alkanes) is 1. The summed E-state index contributed by atoms with van der Waals surface area (Å²) in [6.07, 6.45) is 3.73. The number of esters is 1. The largest absolute Gasteiger partial charge is 0.465 e. The van der Waals surface area contributed by atoms with Gasteiger partial charge in [-0.25, -0.2) is 4.79 Å². The van der Waals surface area contributed by atoms with Crippen LogP contribution in [0.25, 0.3) is 0 Å². The summed E-state index contributed by atoms with van der Waals surface area (Å²) in [6.45, 7) is 0.877. The Morgan fingerprint density at radius 2 is 1.73 bits per heavy atom. The lowest BCUT2D eigenvalue weighted by Gasteiger charge is -2.05. The molecule has 1 aromatic rings. The van der Waals surface area contributed by atoms with Gasteiger partial charge in [-0.3, -0.25) is 4.18 Å². The first kappa shape index (κ1) is 18.6. The minimum absolute atomic E-state index is 0.0494. The minimum Gasteiger partial charge on any atom is -0.465 e. The summed E-state index contributed by atoms with van der Waals surface area (Å²) in [6, 6.07) is 7.32. The monoisotopic (exact) mass is 330 g/mol. The molecule has 0 saturated heterocycles. The lowest BCUT2D eigenvalue weighted by molar-refractivity contribution is 0.0600. The summed E-state index contributed by atoms with van der Waals surface area (Å²) in [5, 5.41) is 0. The van der Waals surface area contributed by atoms with E-state index < -0.39 is 10.1 Å². The smallest absolute Gasteiger partial charge is 0.337 e.